The molecule has 0 amide bonds. The number of aromatic nitrogens is 2. The molecule has 1 aromatic heterocycles. The van der Waals surface area contributed by atoms with E-state index < -0.39 is 12.3 Å². The first-order valence-electron chi connectivity index (χ1n) is 7.24. The van der Waals surface area contributed by atoms with E-state index in [4.69, 9.17) is 25.8 Å². The zero-order valence-electron chi connectivity index (χ0n) is 12.2. The summed E-state index contributed by atoms with van der Waals surface area (Å²) in [6.45, 7) is 2.89. The van der Waals surface area contributed by atoms with E-state index in [0.717, 1.165) is 11.0 Å². The van der Waals surface area contributed by atoms with Crippen molar-refractivity contribution in [2.75, 3.05) is 19.8 Å². The number of hydrogen-bond acceptors (Lipinski definition) is 5. The van der Waals surface area contributed by atoms with Crippen LogP contribution in [-0.4, -0.2) is 41.6 Å². The van der Waals surface area contributed by atoms with Crippen LogP contribution in [0.2, 0.25) is 5.28 Å². The smallest absolute Gasteiger partial charge is 0.435 e. The van der Waals surface area contributed by atoms with Gasteiger partial charge < -0.3 is 18.8 Å². The molecule has 0 radical (unpaired) electrons. The quantitative estimate of drug-likeness (QED) is 0.811. The van der Waals surface area contributed by atoms with Crippen LogP contribution in [0.15, 0.2) is 24.3 Å². The topological polar surface area (TPSA) is 62.6 Å². The number of hydrogen-bond donors (Lipinski definition) is 0. The van der Waals surface area contributed by atoms with Crippen molar-refractivity contribution in [3.8, 4) is 0 Å². The van der Waals surface area contributed by atoms with Gasteiger partial charge in [0, 0.05) is 6.61 Å². The van der Waals surface area contributed by atoms with E-state index in [-0.39, 0.29) is 12.6 Å². The maximum atomic E-state index is 11.6. The molecule has 0 saturated carbocycles. The molecule has 118 valence electrons. The third-order valence-electron chi connectivity index (χ3n) is 3.66. The number of imidazole rings is 1. The second-order valence-corrected chi connectivity index (χ2v) is 5.35. The zero-order chi connectivity index (χ0) is 15.5. The molecule has 6 nitrogen and oxygen atoms in total. The molecule has 0 unspecified atom stereocenters. The monoisotopic (exact) mass is 324 g/mol. The molecule has 1 fully saturated rings. The van der Waals surface area contributed by atoms with E-state index in [0.29, 0.717) is 24.9 Å². The van der Waals surface area contributed by atoms with Gasteiger partial charge in [0.1, 0.15) is 6.10 Å². The van der Waals surface area contributed by atoms with E-state index in [1.54, 1.807) is 6.92 Å². The minimum Gasteiger partial charge on any atom is -0.435 e. The lowest BCUT2D eigenvalue weighted by atomic mass is 10.1. The number of rotatable bonds is 3. The molecule has 0 bridgehead atoms. The Labute approximate surface area is 132 Å². The number of halogens is 1. The molecular formula is C15H17ClN2O4. The average Bonchev–Trinajstić information content (AvgIpc) is 2.84. The second kappa shape index (κ2) is 6.54. The van der Waals surface area contributed by atoms with Gasteiger partial charge in [-0.05, 0) is 37.1 Å². The van der Waals surface area contributed by atoms with Gasteiger partial charge in [-0.1, -0.05) is 12.1 Å². The van der Waals surface area contributed by atoms with Gasteiger partial charge in [0.25, 0.3) is 0 Å². The molecule has 7 heteroatoms. The number of ether oxygens (including phenoxy) is 3. The van der Waals surface area contributed by atoms with Gasteiger partial charge in [0.2, 0.25) is 5.28 Å². The fourth-order valence-electron chi connectivity index (χ4n) is 2.71. The fourth-order valence-corrected chi connectivity index (χ4v) is 3.02. The molecule has 0 spiro atoms. The summed E-state index contributed by atoms with van der Waals surface area (Å²) in [5.74, 6) is 0. The summed E-state index contributed by atoms with van der Waals surface area (Å²) in [4.78, 5) is 16.0. The molecular weight excluding hydrogens is 308 g/mol. The van der Waals surface area contributed by atoms with Crippen molar-refractivity contribution in [1.82, 2.24) is 9.55 Å². The molecule has 1 saturated heterocycles. The summed E-state index contributed by atoms with van der Waals surface area (Å²) < 4.78 is 17.6. The van der Waals surface area contributed by atoms with Gasteiger partial charge in [-0.25, -0.2) is 9.78 Å². The Morgan fingerprint density at radius 1 is 1.50 bits per heavy atom. The maximum Gasteiger partial charge on any atom is 0.508 e. The molecule has 3 rings (SSSR count). The minimum atomic E-state index is -0.691. The number of carbonyl (C=O) groups is 1. The van der Waals surface area contributed by atoms with Crippen LogP contribution < -0.4 is 0 Å². The Kier molecular flexibility index (Phi) is 4.49. The summed E-state index contributed by atoms with van der Waals surface area (Å²) in [6, 6.07) is 7.56. The van der Waals surface area contributed by atoms with Crippen LogP contribution in [-0.2, 0) is 14.2 Å². The highest BCUT2D eigenvalue weighted by molar-refractivity contribution is 6.29. The minimum absolute atomic E-state index is 0.127. The molecule has 0 N–H and O–H groups in total. The van der Waals surface area contributed by atoms with Crippen molar-refractivity contribution < 1.29 is 19.0 Å². The molecule has 1 aliphatic heterocycles. The third-order valence-corrected chi connectivity index (χ3v) is 3.93. The van der Waals surface area contributed by atoms with Gasteiger partial charge in [0.15, 0.2) is 0 Å². The first-order valence-corrected chi connectivity index (χ1v) is 7.62. The molecule has 2 aromatic rings. The Balaban J connectivity index is 1.92. The van der Waals surface area contributed by atoms with Crippen LogP contribution >= 0.6 is 11.6 Å². The number of nitrogens with zero attached hydrogens (tertiary/aromatic N) is 2. The van der Waals surface area contributed by atoms with E-state index in [2.05, 4.69) is 4.98 Å². The lowest BCUT2D eigenvalue weighted by Crippen LogP contribution is -2.38. The molecule has 1 aliphatic rings. The van der Waals surface area contributed by atoms with Crippen LogP contribution in [0.5, 0.6) is 0 Å². The highest BCUT2D eigenvalue weighted by Crippen LogP contribution is 2.31. The van der Waals surface area contributed by atoms with E-state index >= 15 is 0 Å². The largest absolute Gasteiger partial charge is 0.508 e. The van der Waals surface area contributed by atoms with Crippen molar-refractivity contribution in [3.05, 3.63) is 29.5 Å². The summed E-state index contributed by atoms with van der Waals surface area (Å²) in [5.41, 5.74) is 1.73. The molecule has 1 aromatic carbocycles. The molecule has 2 atom stereocenters. The van der Waals surface area contributed by atoms with Gasteiger partial charge in [0.05, 0.1) is 30.3 Å². The molecule has 0 aliphatic carbocycles. The summed E-state index contributed by atoms with van der Waals surface area (Å²) in [6.07, 6.45) is -0.462. The normalized spacial score (nSPS) is 21.7. The first-order chi connectivity index (χ1) is 10.7. The van der Waals surface area contributed by atoms with Crippen molar-refractivity contribution in [2.24, 2.45) is 0 Å². The zero-order valence-corrected chi connectivity index (χ0v) is 13.0. The highest BCUT2D eigenvalue weighted by Gasteiger charge is 2.33. The van der Waals surface area contributed by atoms with Crippen LogP contribution in [0.4, 0.5) is 4.79 Å². The van der Waals surface area contributed by atoms with Crippen LogP contribution in [0.25, 0.3) is 11.0 Å². The SMILES string of the molecule is CCOC(=O)O[C@H]1COCC[C@@H]1n1c(Cl)nc2ccccc21. The summed E-state index contributed by atoms with van der Waals surface area (Å²) in [7, 11) is 0. The van der Waals surface area contributed by atoms with E-state index in [9.17, 15) is 4.79 Å². The second-order valence-electron chi connectivity index (χ2n) is 5.01. The summed E-state index contributed by atoms with van der Waals surface area (Å²) in [5, 5.41) is 0.380. The van der Waals surface area contributed by atoms with Crippen molar-refractivity contribution >= 4 is 28.8 Å². The van der Waals surface area contributed by atoms with Crippen LogP contribution in [0.3, 0.4) is 0 Å². The standard InChI is InChI=1S/C15H17ClN2O4/c1-2-21-15(19)22-13-9-20-8-7-12(13)18-11-6-4-3-5-10(11)17-14(18)16/h3-6,12-13H,2,7-9H2,1H3/t12-,13-/m0/s1. The lowest BCUT2D eigenvalue weighted by Gasteiger charge is -2.32. The number of fused-ring (bicyclic) bond motifs is 1. The van der Waals surface area contributed by atoms with Crippen LogP contribution in [0, 0.1) is 0 Å². The number of para-hydroxylation sites is 2. The van der Waals surface area contributed by atoms with E-state index in [1.807, 2.05) is 28.8 Å². The van der Waals surface area contributed by atoms with Gasteiger partial charge >= 0.3 is 6.16 Å². The number of benzene rings is 1. The number of carbonyl (C=O) groups excluding carboxylic acids is 1. The predicted molar refractivity (Wildman–Crippen MR) is 81.1 cm³/mol. The fraction of sp³-hybridized carbons (Fsp3) is 0.467. The molecule has 22 heavy (non-hydrogen) atoms. The lowest BCUT2D eigenvalue weighted by molar-refractivity contribution is -0.0658. The third kappa shape index (κ3) is 2.89. The Morgan fingerprint density at radius 2 is 2.32 bits per heavy atom. The van der Waals surface area contributed by atoms with Crippen molar-refractivity contribution in [3.63, 3.8) is 0 Å². The summed E-state index contributed by atoms with van der Waals surface area (Å²) >= 11 is 6.30. The predicted octanol–water partition coefficient (Wildman–Crippen LogP) is 3.19. The average molecular weight is 325 g/mol. The highest BCUT2D eigenvalue weighted by atomic mass is 35.5. The van der Waals surface area contributed by atoms with Crippen LogP contribution in [0.1, 0.15) is 19.4 Å². The van der Waals surface area contributed by atoms with Gasteiger partial charge in [-0.2, -0.15) is 0 Å². The Hall–Kier alpha value is -1.79. The van der Waals surface area contributed by atoms with Gasteiger partial charge in [-0.3, -0.25) is 0 Å². The van der Waals surface area contributed by atoms with E-state index in [1.165, 1.54) is 0 Å². The van der Waals surface area contributed by atoms with Crippen molar-refractivity contribution in [1.29, 1.82) is 0 Å². The van der Waals surface area contributed by atoms with Gasteiger partial charge in [-0.15, -0.1) is 0 Å². The Bertz CT molecular complexity index is 673. The molecule has 2 heterocycles. The first kappa shape index (κ1) is 15.1. The van der Waals surface area contributed by atoms with Crippen molar-refractivity contribution in [2.45, 2.75) is 25.5 Å². The maximum absolute atomic E-state index is 11.6. The Morgan fingerprint density at radius 3 is 3.14 bits per heavy atom.